The van der Waals surface area contributed by atoms with E-state index in [0.29, 0.717) is 15.8 Å². The molecule has 122 valence electrons. The van der Waals surface area contributed by atoms with Crippen LogP contribution in [0.25, 0.3) is 6.08 Å². The highest BCUT2D eigenvalue weighted by Gasteiger charge is 2.30. The van der Waals surface area contributed by atoms with Crippen molar-refractivity contribution in [1.29, 1.82) is 0 Å². The number of carbonyl (C=O) groups excluding carboxylic acids is 1. The Bertz CT molecular complexity index is 872. The van der Waals surface area contributed by atoms with Gasteiger partial charge in [0.1, 0.15) is 0 Å². The highest BCUT2D eigenvalue weighted by Crippen LogP contribution is 2.34. The fourth-order valence-corrected chi connectivity index (χ4v) is 4.40. The number of halogens is 1. The predicted molar refractivity (Wildman–Crippen MR) is 101 cm³/mol. The minimum atomic E-state index is -0.982. The zero-order chi connectivity index (χ0) is 17.3. The molecule has 8 heteroatoms. The predicted octanol–water partition coefficient (Wildman–Crippen LogP) is 4.44. The number of aliphatic imine (C=N–C) groups is 1. The van der Waals surface area contributed by atoms with Crippen LogP contribution in [-0.4, -0.2) is 34.1 Å². The molecule has 1 aromatic heterocycles. The van der Waals surface area contributed by atoms with Gasteiger partial charge in [-0.2, -0.15) is 0 Å². The Labute approximate surface area is 154 Å². The summed E-state index contributed by atoms with van der Waals surface area (Å²) in [5.41, 5.74) is 0.800. The van der Waals surface area contributed by atoms with Crippen molar-refractivity contribution in [2.24, 2.45) is 4.99 Å². The number of thiophene rings is 1. The molecule has 0 bridgehead atoms. The molecule has 24 heavy (non-hydrogen) atoms. The third-order valence-corrected chi connectivity index (χ3v) is 5.84. The normalized spacial score (nSPS) is 17.9. The Morgan fingerprint density at radius 3 is 2.54 bits per heavy atom. The van der Waals surface area contributed by atoms with E-state index in [-0.39, 0.29) is 11.5 Å². The van der Waals surface area contributed by atoms with Crippen molar-refractivity contribution in [3.05, 3.63) is 55.5 Å². The van der Waals surface area contributed by atoms with Crippen LogP contribution in [0.4, 0.5) is 5.69 Å². The molecule has 2 aromatic rings. The smallest absolute Gasteiger partial charge is 0.335 e. The molecule has 1 aromatic carbocycles. The molecule has 1 aliphatic heterocycles. The topological polar surface area (TPSA) is 70.0 Å². The van der Waals surface area contributed by atoms with Gasteiger partial charge in [0.05, 0.1) is 19.9 Å². The zero-order valence-electron chi connectivity index (χ0n) is 12.4. The second kappa shape index (κ2) is 6.92. The van der Waals surface area contributed by atoms with Gasteiger partial charge in [-0.3, -0.25) is 9.69 Å². The molecule has 0 unspecified atom stereocenters. The molecule has 0 spiro atoms. The Hall–Kier alpha value is -1.90. The fourth-order valence-electron chi connectivity index (χ4n) is 1.98. The summed E-state index contributed by atoms with van der Waals surface area (Å²) in [6.45, 7) is 0. The molecule has 1 N–H and O–H groups in total. The molecule has 0 atom stereocenters. The number of carboxylic acids is 1. The number of nitrogens with zero attached hydrogens (tertiary/aromatic N) is 2. The van der Waals surface area contributed by atoms with Crippen LogP contribution in [0.3, 0.4) is 0 Å². The van der Waals surface area contributed by atoms with Gasteiger partial charge in [0.15, 0.2) is 5.17 Å². The summed E-state index contributed by atoms with van der Waals surface area (Å²) < 4.78 is 1.01. The molecular weight excluding hydrogens is 412 g/mol. The summed E-state index contributed by atoms with van der Waals surface area (Å²) in [5.74, 6) is -1.09. The van der Waals surface area contributed by atoms with Crippen molar-refractivity contribution < 1.29 is 14.7 Å². The number of hydrogen-bond donors (Lipinski definition) is 1. The van der Waals surface area contributed by atoms with Crippen molar-refractivity contribution in [2.75, 3.05) is 7.05 Å². The summed E-state index contributed by atoms with van der Waals surface area (Å²) >= 11 is 6.25. The maximum absolute atomic E-state index is 12.3. The van der Waals surface area contributed by atoms with Crippen molar-refractivity contribution in [1.82, 2.24) is 4.90 Å². The summed E-state index contributed by atoms with van der Waals surface area (Å²) in [6.07, 6.45) is 1.84. The highest BCUT2D eigenvalue weighted by atomic mass is 79.9. The van der Waals surface area contributed by atoms with Gasteiger partial charge >= 0.3 is 5.97 Å². The van der Waals surface area contributed by atoms with Gasteiger partial charge in [0.2, 0.25) is 0 Å². The Morgan fingerprint density at radius 1 is 1.25 bits per heavy atom. The van der Waals surface area contributed by atoms with Gasteiger partial charge in [-0.25, -0.2) is 9.79 Å². The summed E-state index contributed by atoms with van der Waals surface area (Å²) in [7, 11) is 1.67. The fraction of sp³-hybridized carbons (Fsp3) is 0.0625. The van der Waals surface area contributed by atoms with Crippen LogP contribution in [0.2, 0.25) is 0 Å². The lowest BCUT2D eigenvalue weighted by Gasteiger charge is -2.07. The van der Waals surface area contributed by atoms with E-state index in [4.69, 9.17) is 5.11 Å². The molecule has 0 aliphatic carbocycles. The third-order valence-electron chi connectivity index (χ3n) is 3.21. The first kappa shape index (κ1) is 16.9. The molecule has 1 saturated heterocycles. The van der Waals surface area contributed by atoms with Crippen LogP contribution < -0.4 is 0 Å². The van der Waals surface area contributed by atoms with Crippen molar-refractivity contribution >= 4 is 67.8 Å². The van der Waals surface area contributed by atoms with E-state index in [0.717, 1.165) is 8.66 Å². The van der Waals surface area contributed by atoms with Crippen molar-refractivity contribution in [2.45, 2.75) is 0 Å². The molecule has 1 amide bonds. The number of carbonyl (C=O) groups is 2. The van der Waals surface area contributed by atoms with Crippen LogP contribution in [0.15, 0.2) is 50.1 Å². The van der Waals surface area contributed by atoms with Crippen LogP contribution in [0, 0.1) is 0 Å². The molecule has 0 radical (unpaired) electrons. The van der Waals surface area contributed by atoms with Gasteiger partial charge in [0, 0.05) is 11.9 Å². The Balaban J connectivity index is 1.85. The van der Waals surface area contributed by atoms with E-state index < -0.39 is 5.97 Å². The van der Waals surface area contributed by atoms with E-state index in [1.807, 2.05) is 18.2 Å². The molecule has 1 fully saturated rings. The van der Waals surface area contributed by atoms with E-state index >= 15 is 0 Å². The molecule has 5 nitrogen and oxygen atoms in total. The number of amides is 1. The van der Waals surface area contributed by atoms with Crippen LogP contribution in [0.1, 0.15) is 15.2 Å². The standard InChI is InChI=1S/C16H11BrN2O3S2/c1-19-14(20)12(8-11-6-7-13(17)23-11)24-16(19)18-10-4-2-9(3-5-10)15(21)22/h2-8H,1H3,(H,21,22)/b12-8-,18-16?. The lowest BCUT2D eigenvalue weighted by atomic mass is 10.2. The number of hydrogen-bond acceptors (Lipinski definition) is 5. The molecule has 3 rings (SSSR count). The Kier molecular flexibility index (Phi) is 4.88. The number of thioether (sulfide) groups is 1. The SMILES string of the molecule is CN1C(=O)/C(=C/c2ccc(Br)s2)SC1=Nc1ccc(C(=O)O)cc1. The summed E-state index contributed by atoms with van der Waals surface area (Å²) in [4.78, 5) is 30.7. The number of amidine groups is 1. The lowest BCUT2D eigenvalue weighted by molar-refractivity contribution is -0.121. The quantitative estimate of drug-likeness (QED) is 0.741. The van der Waals surface area contributed by atoms with Crippen molar-refractivity contribution in [3.8, 4) is 0 Å². The van der Waals surface area contributed by atoms with Crippen LogP contribution in [-0.2, 0) is 4.79 Å². The van der Waals surface area contributed by atoms with E-state index in [1.54, 1.807) is 30.5 Å². The summed E-state index contributed by atoms with van der Waals surface area (Å²) in [6, 6.07) is 10.1. The number of likely N-dealkylation sites (N-methyl/N-ethyl adjacent to an activating group) is 1. The number of aromatic carboxylic acids is 1. The second-order valence-electron chi connectivity index (χ2n) is 4.86. The second-order valence-corrected chi connectivity index (χ2v) is 8.37. The minimum absolute atomic E-state index is 0.106. The van der Waals surface area contributed by atoms with E-state index in [2.05, 4.69) is 20.9 Å². The van der Waals surface area contributed by atoms with Gasteiger partial charge in [-0.1, -0.05) is 0 Å². The molecule has 0 saturated carbocycles. The van der Waals surface area contributed by atoms with Gasteiger partial charge in [0.25, 0.3) is 5.91 Å². The highest BCUT2D eigenvalue weighted by molar-refractivity contribution is 9.11. The van der Waals surface area contributed by atoms with Crippen LogP contribution >= 0.6 is 39.0 Å². The first-order valence-corrected chi connectivity index (χ1v) is 9.21. The third kappa shape index (κ3) is 3.61. The van der Waals surface area contributed by atoms with E-state index in [1.165, 1.54) is 28.8 Å². The zero-order valence-corrected chi connectivity index (χ0v) is 15.6. The average Bonchev–Trinajstić information content (AvgIpc) is 3.07. The molecule has 1 aliphatic rings. The molecule has 2 heterocycles. The van der Waals surface area contributed by atoms with Gasteiger partial charge < -0.3 is 5.11 Å². The lowest BCUT2D eigenvalue weighted by Crippen LogP contribution is -2.23. The minimum Gasteiger partial charge on any atom is -0.478 e. The van der Waals surface area contributed by atoms with Gasteiger partial charge in [-0.05, 0) is 70.2 Å². The van der Waals surface area contributed by atoms with Crippen LogP contribution in [0.5, 0.6) is 0 Å². The first-order chi connectivity index (χ1) is 11.4. The number of carboxylic acid groups (broad SMARTS) is 1. The number of benzene rings is 1. The summed E-state index contributed by atoms with van der Waals surface area (Å²) in [5, 5.41) is 9.47. The monoisotopic (exact) mass is 422 g/mol. The van der Waals surface area contributed by atoms with Gasteiger partial charge in [-0.15, -0.1) is 11.3 Å². The molecular formula is C16H11BrN2O3S2. The van der Waals surface area contributed by atoms with Crippen molar-refractivity contribution in [3.63, 3.8) is 0 Å². The first-order valence-electron chi connectivity index (χ1n) is 6.79. The maximum Gasteiger partial charge on any atom is 0.335 e. The number of rotatable bonds is 3. The van der Waals surface area contributed by atoms with E-state index in [9.17, 15) is 9.59 Å². The average molecular weight is 423 g/mol. The Morgan fingerprint density at radius 2 is 1.96 bits per heavy atom. The maximum atomic E-state index is 12.3. The largest absolute Gasteiger partial charge is 0.478 e.